The number of carbonyl (C=O) groups is 1. The summed E-state index contributed by atoms with van der Waals surface area (Å²) in [6.07, 6.45) is 0.673. The van der Waals surface area contributed by atoms with Gasteiger partial charge >= 0.3 is 0 Å². The normalized spacial score (nSPS) is 11.1. The van der Waals surface area contributed by atoms with Gasteiger partial charge in [0.25, 0.3) is 5.91 Å². The lowest BCUT2D eigenvalue weighted by Gasteiger charge is -2.13. The van der Waals surface area contributed by atoms with Crippen LogP contribution >= 0.6 is 0 Å². The highest BCUT2D eigenvalue weighted by molar-refractivity contribution is 5.94. The molecule has 1 N–H and O–H groups in total. The lowest BCUT2D eigenvalue weighted by atomic mass is 10.2. The number of aromatic nitrogens is 2. The van der Waals surface area contributed by atoms with E-state index in [1.807, 2.05) is 60.7 Å². The molecule has 0 saturated carbocycles. The van der Waals surface area contributed by atoms with Crippen LogP contribution in [0.1, 0.15) is 21.7 Å². The van der Waals surface area contributed by atoms with Gasteiger partial charge in [0.2, 0.25) is 0 Å². The van der Waals surface area contributed by atoms with Crippen LogP contribution in [0, 0.1) is 0 Å². The van der Waals surface area contributed by atoms with Gasteiger partial charge in [0, 0.05) is 31.6 Å². The van der Waals surface area contributed by atoms with Crippen LogP contribution < -0.4 is 10.1 Å². The van der Waals surface area contributed by atoms with Crippen LogP contribution in [0.2, 0.25) is 0 Å². The SMILES string of the molecule is CN(C)CCn1c(CCNC(=O)c2ccc(OCc3ccccc3)cc2)nc2ccccc21. The number of hydrogen-bond donors (Lipinski definition) is 1. The molecule has 1 amide bonds. The summed E-state index contributed by atoms with van der Waals surface area (Å²) >= 11 is 0. The first-order chi connectivity index (χ1) is 16.1. The Labute approximate surface area is 194 Å². The maximum atomic E-state index is 12.6. The second kappa shape index (κ2) is 10.8. The second-order valence-corrected chi connectivity index (χ2v) is 8.28. The molecule has 6 nitrogen and oxygen atoms in total. The number of carbonyl (C=O) groups excluding carboxylic acids is 1. The zero-order valence-corrected chi connectivity index (χ0v) is 19.2. The zero-order chi connectivity index (χ0) is 23.0. The Hall–Kier alpha value is -3.64. The van der Waals surface area contributed by atoms with Gasteiger partial charge in [-0.2, -0.15) is 0 Å². The monoisotopic (exact) mass is 442 g/mol. The molecular formula is C27H30N4O2. The van der Waals surface area contributed by atoms with E-state index in [4.69, 9.17) is 9.72 Å². The van der Waals surface area contributed by atoms with Gasteiger partial charge in [-0.05, 0) is 56.1 Å². The molecule has 170 valence electrons. The highest BCUT2D eigenvalue weighted by atomic mass is 16.5. The van der Waals surface area contributed by atoms with E-state index in [0.29, 0.717) is 25.1 Å². The maximum absolute atomic E-state index is 12.6. The lowest BCUT2D eigenvalue weighted by Crippen LogP contribution is -2.27. The third kappa shape index (κ3) is 5.99. The number of hydrogen-bond acceptors (Lipinski definition) is 4. The van der Waals surface area contributed by atoms with Crippen LogP contribution in [0.15, 0.2) is 78.9 Å². The summed E-state index contributed by atoms with van der Waals surface area (Å²) in [6, 6.07) is 25.4. The number of imidazole rings is 1. The Morgan fingerprint density at radius 1 is 0.970 bits per heavy atom. The molecular weight excluding hydrogens is 412 g/mol. The number of nitrogens with zero attached hydrogens (tertiary/aromatic N) is 3. The molecule has 0 bridgehead atoms. The van der Waals surface area contributed by atoms with E-state index in [-0.39, 0.29) is 5.91 Å². The lowest BCUT2D eigenvalue weighted by molar-refractivity contribution is 0.0954. The van der Waals surface area contributed by atoms with Crippen molar-refractivity contribution in [2.75, 3.05) is 27.2 Å². The third-order valence-corrected chi connectivity index (χ3v) is 5.50. The van der Waals surface area contributed by atoms with E-state index in [2.05, 4.69) is 34.9 Å². The number of nitrogens with one attached hydrogen (secondary N) is 1. The van der Waals surface area contributed by atoms with Crippen LogP contribution in [0.4, 0.5) is 0 Å². The molecule has 1 heterocycles. The first-order valence-electron chi connectivity index (χ1n) is 11.2. The number of likely N-dealkylation sites (N-methyl/N-ethyl adjacent to an activating group) is 1. The first-order valence-corrected chi connectivity index (χ1v) is 11.2. The highest BCUT2D eigenvalue weighted by Crippen LogP contribution is 2.17. The fourth-order valence-corrected chi connectivity index (χ4v) is 3.70. The molecule has 0 aliphatic rings. The number of rotatable bonds is 10. The molecule has 0 spiro atoms. The van der Waals surface area contributed by atoms with Crippen molar-refractivity contribution in [2.24, 2.45) is 0 Å². The molecule has 33 heavy (non-hydrogen) atoms. The third-order valence-electron chi connectivity index (χ3n) is 5.50. The Balaban J connectivity index is 1.32. The van der Waals surface area contributed by atoms with Gasteiger partial charge in [-0.3, -0.25) is 4.79 Å². The highest BCUT2D eigenvalue weighted by Gasteiger charge is 2.12. The molecule has 0 atom stereocenters. The van der Waals surface area contributed by atoms with E-state index >= 15 is 0 Å². The van der Waals surface area contributed by atoms with Crippen molar-refractivity contribution in [1.82, 2.24) is 19.8 Å². The number of amides is 1. The summed E-state index contributed by atoms with van der Waals surface area (Å²) in [5.74, 6) is 1.63. The predicted molar refractivity (Wildman–Crippen MR) is 132 cm³/mol. The molecule has 3 aromatic carbocycles. The Morgan fingerprint density at radius 3 is 2.45 bits per heavy atom. The standard InChI is InChI=1S/C27H30N4O2/c1-30(2)18-19-31-25-11-7-6-10-24(25)29-26(31)16-17-28-27(32)22-12-14-23(15-13-22)33-20-21-8-4-3-5-9-21/h3-15H,16-20H2,1-2H3,(H,28,32). The van der Waals surface area contributed by atoms with E-state index in [1.54, 1.807) is 12.1 Å². The fraction of sp³-hybridized carbons (Fsp3) is 0.259. The van der Waals surface area contributed by atoms with Crippen molar-refractivity contribution in [2.45, 2.75) is 19.6 Å². The number of benzene rings is 3. The first kappa shape index (κ1) is 22.6. The van der Waals surface area contributed by atoms with Gasteiger partial charge in [0.05, 0.1) is 11.0 Å². The van der Waals surface area contributed by atoms with Gasteiger partial charge < -0.3 is 19.5 Å². The average Bonchev–Trinajstić information content (AvgIpc) is 3.19. The van der Waals surface area contributed by atoms with Crippen molar-refractivity contribution < 1.29 is 9.53 Å². The molecule has 0 aliphatic carbocycles. The Kier molecular flexibility index (Phi) is 7.37. The molecule has 1 aromatic heterocycles. The molecule has 0 radical (unpaired) electrons. The van der Waals surface area contributed by atoms with Crippen LogP contribution in [-0.2, 0) is 19.6 Å². The van der Waals surface area contributed by atoms with Gasteiger partial charge in [-0.25, -0.2) is 4.98 Å². The quantitative estimate of drug-likeness (QED) is 0.401. The number of ether oxygens (including phenoxy) is 1. The van der Waals surface area contributed by atoms with Crippen molar-refractivity contribution in [3.8, 4) is 5.75 Å². The molecule has 0 aliphatic heterocycles. The van der Waals surface area contributed by atoms with E-state index in [1.165, 1.54) is 0 Å². The van der Waals surface area contributed by atoms with Crippen LogP contribution in [0.3, 0.4) is 0 Å². The molecule has 0 saturated heterocycles. The van der Waals surface area contributed by atoms with Gasteiger partial charge in [0.15, 0.2) is 0 Å². The van der Waals surface area contributed by atoms with E-state index in [9.17, 15) is 4.79 Å². The second-order valence-electron chi connectivity index (χ2n) is 8.28. The molecule has 6 heteroatoms. The van der Waals surface area contributed by atoms with Crippen LogP contribution in [0.25, 0.3) is 11.0 Å². The van der Waals surface area contributed by atoms with Crippen LogP contribution in [0.5, 0.6) is 5.75 Å². The van der Waals surface area contributed by atoms with Crippen molar-refractivity contribution >= 4 is 16.9 Å². The van der Waals surface area contributed by atoms with E-state index < -0.39 is 0 Å². The summed E-state index contributed by atoms with van der Waals surface area (Å²) in [5, 5.41) is 3.02. The minimum Gasteiger partial charge on any atom is -0.489 e. The molecule has 4 rings (SSSR count). The Bertz CT molecular complexity index is 1180. The number of fused-ring (bicyclic) bond motifs is 1. The summed E-state index contributed by atoms with van der Waals surface area (Å²) in [6.45, 7) is 2.82. The Morgan fingerprint density at radius 2 is 1.70 bits per heavy atom. The molecule has 0 fully saturated rings. The van der Waals surface area contributed by atoms with Gasteiger partial charge in [0.1, 0.15) is 18.2 Å². The number of para-hydroxylation sites is 2. The zero-order valence-electron chi connectivity index (χ0n) is 19.2. The average molecular weight is 443 g/mol. The predicted octanol–water partition coefficient (Wildman–Crippen LogP) is 4.15. The van der Waals surface area contributed by atoms with Gasteiger partial charge in [-0.15, -0.1) is 0 Å². The van der Waals surface area contributed by atoms with Crippen LogP contribution in [-0.4, -0.2) is 47.5 Å². The minimum atomic E-state index is -0.0967. The minimum absolute atomic E-state index is 0.0967. The fourth-order valence-electron chi connectivity index (χ4n) is 3.70. The summed E-state index contributed by atoms with van der Waals surface area (Å²) in [7, 11) is 4.13. The maximum Gasteiger partial charge on any atom is 0.251 e. The topological polar surface area (TPSA) is 59.4 Å². The van der Waals surface area contributed by atoms with E-state index in [0.717, 1.165) is 41.3 Å². The summed E-state index contributed by atoms with van der Waals surface area (Å²) < 4.78 is 8.05. The van der Waals surface area contributed by atoms with Gasteiger partial charge in [-0.1, -0.05) is 42.5 Å². The van der Waals surface area contributed by atoms with Crippen molar-refractivity contribution in [3.05, 3.63) is 95.8 Å². The molecule has 0 unspecified atom stereocenters. The van der Waals surface area contributed by atoms with Crippen molar-refractivity contribution in [3.63, 3.8) is 0 Å². The summed E-state index contributed by atoms with van der Waals surface area (Å²) in [4.78, 5) is 19.6. The smallest absolute Gasteiger partial charge is 0.251 e. The molecule has 4 aromatic rings. The van der Waals surface area contributed by atoms with Crippen molar-refractivity contribution in [1.29, 1.82) is 0 Å². The summed E-state index contributed by atoms with van der Waals surface area (Å²) in [5.41, 5.74) is 3.84. The largest absolute Gasteiger partial charge is 0.489 e.